The van der Waals surface area contributed by atoms with Gasteiger partial charge in [-0.3, -0.25) is 9.59 Å². The molecule has 0 saturated carbocycles. The Hall–Kier alpha value is -3.01. The maximum atomic E-state index is 12.9. The fraction of sp³-hybridized carbons (Fsp3) is 0.250. The molecule has 0 saturated heterocycles. The summed E-state index contributed by atoms with van der Waals surface area (Å²) in [5, 5.41) is 4.82. The van der Waals surface area contributed by atoms with Crippen LogP contribution in [0.15, 0.2) is 64.9 Å². The van der Waals surface area contributed by atoms with E-state index in [4.69, 9.17) is 0 Å². The fourth-order valence-corrected chi connectivity index (χ4v) is 5.53. The van der Waals surface area contributed by atoms with Crippen LogP contribution < -0.4 is 14.9 Å². The van der Waals surface area contributed by atoms with Gasteiger partial charge in [0.15, 0.2) is 0 Å². The third-order valence-electron chi connectivity index (χ3n) is 5.84. The smallest absolute Gasteiger partial charge is 0.251 e. The van der Waals surface area contributed by atoms with Gasteiger partial charge in [0.05, 0.1) is 16.9 Å². The Bertz CT molecular complexity index is 1300. The zero-order valence-electron chi connectivity index (χ0n) is 18.6. The van der Waals surface area contributed by atoms with E-state index >= 15 is 0 Å². The number of hydrogen-bond acceptors (Lipinski definition) is 5. The van der Waals surface area contributed by atoms with E-state index in [0.29, 0.717) is 17.7 Å². The van der Waals surface area contributed by atoms with Gasteiger partial charge in [0.25, 0.3) is 5.91 Å². The van der Waals surface area contributed by atoms with Crippen LogP contribution in [0.1, 0.15) is 40.2 Å². The topological polar surface area (TPSA) is 95.6 Å². The molecular formula is C24H25N3O4S2. The van der Waals surface area contributed by atoms with E-state index < -0.39 is 15.4 Å². The largest absolute Gasteiger partial charge is 0.347 e. The van der Waals surface area contributed by atoms with Gasteiger partial charge in [0, 0.05) is 29.7 Å². The Morgan fingerprint density at radius 3 is 2.45 bits per heavy atom. The molecule has 0 bridgehead atoms. The molecule has 0 unspecified atom stereocenters. The molecule has 1 aromatic heterocycles. The van der Waals surface area contributed by atoms with E-state index in [-0.39, 0.29) is 23.3 Å². The zero-order valence-corrected chi connectivity index (χ0v) is 20.2. The molecule has 2 amide bonds. The van der Waals surface area contributed by atoms with Gasteiger partial charge < -0.3 is 10.2 Å². The molecule has 2 N–H and O–H groups in total. The maximum Gasteiger partial charge on any atom is 0.251 e. The molecule has 0 atom stereocenters. The quantitative estimate of drug-likeness (QED) is 0.538. The number of likely N-dealkylation sites (N-methyl/N-ethyl adjacent to an activating group) is 1. The number of fused-ring (bicyclic) bond motifs is 1. The summed E-state index contributed by atoms with van der Waals surface area (Å²) in [6.45, 7) is 4.13. The van der Waals surface area contributed by atoms with Gasteiger partial charge in [-0.2, -0.15) is 0 Å². The lowest BCUT2D eigenvalue weighted by molar-refractivity contribution is -0.121. The van der Waals surface area contributed by atoms with Crippen molar-refractivity contribution >= 4 is 38.9 Å². The first-order valence-electron chi connectivity index (χ1n) is 10.4. The van der Waals surface area contributed by atoms with Gasteiger partial charge in [-0.15, -0.1) is 11.3 Å². The van der Waals surface area contributed by atoms with Crippen LogP contribution in [0.25, 0.3) is 0 Å². The Kier molecular flexibility index (Phi) is 6.13. The van der Waals surface area contributed by atoms with Crippen LogP contribution in [-0.4, -0.2) is 27.3 Å². The molecule has 4 rings (SSSR count). The van der Waals surface area contributed by atoms with Gasteiger partial charge in [0.2, 0.25) is 15.9 Å². The van der Waals surface area contributed by atoms with Crippen LogP contribution in [0.3, 0.4) is 0 Å². The van der Waals surface area contributed by atoms with Crippen molar-refractivity contribution in [1.29, 1.82) is 0 Å². The predicted octanol–water partition coefficient (Wildman–Crippen LogP) is 3.41. The summed E-state index contributed by atoms with van der Waals surface area (Å²) in [6.07, 6.45) is 0. The molecule has 172 valence electrons. The van der Waals surface area contributed by atoms with Crippen LogP contribution in [0.4, 0.5) is 5.69 Å². The number of carbonyl (C=O) groups excluding carboxylic acids is 2. The minimum Gasteiger partial charge on any atom is -0.347 e. The lowest BCUT2D eigenvalue weighted by Crippen LogP contribution is -2.33. The van der Waals surface area contributed by atoms with E-state index in [1.54, 1.807) is 73.5 Å². The number of nitrogens with one attached hydrogen (secondary N) is 2. The number of benzene rings is 2. The molecule has 2 aromatic carbocycles. The normalized spacial score (nSPS) is 14.9. The van der Waals surface area contributed by atoms with Gasteiger partial charge >= 0.3 is 0 Å². The summed E-state index contributed by atoms with van der Waals surface area (Å²) >= 11 is 1.58. The molecule has 0 spiro atoms. The van der Waals surface area contributed by atoms with Crippen molar-refractivity contribution in [2.45, 2.75) is 37.2 Å². The highest BCUT2D eigenvalue weighted by atomic mass is 32.2. The SMILES string of the molecule is CN1C(=O)C(C)(C)c2cc(S(=O)(=O)NCc3ccc(C(=O)NCc4cccs4)cc3)ccc21. The first-order chi connectivity index (χ1) is 15.6. The van der Waals surface area contributed by atoms with Crippen molar-refractivity contribution in [3.05, 3.63) is 81.5 Å². The van der Waals surface area contributed by atoms with Crippen molar-refractivity contribution in [3.63, 3.8) is 0 Å². The summed E-state index contributed by atoms with van der Waals surface area (Å²) < 4.78 is 28.4. The van der Waals surface area contributed by atoms with Gasteiger partial charge in [-0.1, -0.05) is 18.2 Å². The van der Waals surface area contributed by atoms with Crippen LogP contribution in [-0.2, 0) is 33.3 Å². The third kappa shape index (κ3) is 4.57. The molecule has 2 heterocycles. The van der Waals surface area contributed by atoms with Crippen molar-refractivity contribution in [2.75, 3.05) is 11.9 Å². The predicted molar refractivity (Wildman–Crippen MR) is 129 cm³/mol. The van der Waals surface area contributed by atoms with Crippen molar-refractivity contribution in [3.8, 4) is 0 Å². The number of carbonyl (C=O) groups is 2. The lowest BCUT2D eigenvalue weighted by atomic mass is 9.86. The first kappa shape index (κ1) is 23.2. The van der Waals surface area contributed by atoms with E-state index in [1.807, 2.05) is 17.5 Å². The van der Waals surface area contributed by atoms with Crippen molar-refractivity contribution in [1.82, 2.24) is 10.0 Å². The minimum atomic E-state index is -3.78. The average Bonchev–Trinajstić information content (AvgIpc) is 3.39. The second-order valence-corrected chi connectivity index (χ2v) is 11.3. The number of nitrogens with zero attached hydrogens (tertiary/aromatic N) is 1. The molecule has 3 aromatic rings. The fourth-order valence-electron chi connectivity index (χ4n) is 3.84. The Morgan fingerprint density at radius 1 is 1.06 bits per heavy atom. The molecule has 0 radical (unpaired) electrons. The molecule has 33 heavy (non-hydrogen) atoms. The van der Waals surface area contributed by atoms with Crippen molar-refractivity contribution in [2.24, 2.45) is 0 Å². The molecular weight excluding hydrogens is 458 g/mol. The Balaban J connectivity index is 1.41. The average molecular weight is 484 g/mol. The highest BCUT2D eigenvalue weighted by molar-refractivity contribution is 7.89. The van der Waals surface area contributed by atoms with Crippen LogP contribution >= 0.6 is 11.3 Å². The minimum absolute atomic E-state index is 0.0699. The summed E-state index contributed by atoms with van der Waals surface area (Å²) in [5.74, 6) is -0.254. The van der Waals surface area contributed by atoms with E-state index in [2.05, 4.69) is 10.0 Å². The highest BCUT2D eigenvalue weighted by Crippen LogP contribution is 2.41. The number of amides is 2. The molecule has 0 aliphatic carbocycles. The lowest BCUT2D eigenvalue weighted by Gasteiger charge is -2.17. The number of anilines is 1. The van der Waals surface area contributed by atoms with E-state index in [0.717, 1.165) is 16.1 Å². The zero-order chi connectivity index (χ0) is 23.8. The monoisotopic (exact) mass is 483 g/mol. The maximum absolute atomic E-state index is 12.9. The number of rotatable bonds is 7. The molecule has 9 heteroatoms. The molecule has 7 nitrogen and oxygen atoms in total. The van der Waals surface area contributed by atoms with Gasteiger partial charge in [-0.05, 0) is 66.8 Å². The van der Waals surface area contributed by atoms with Crippen LogP contribution in [0.2, 0.25) is 0 Å². The molecule has 1 aliphatic heterocycles. The van der Waals surface area contributed by atoms with Gasteiger partial charge in [0.1, 0.15) is 0 Å². The second kappa shape index (κ2) is 8.74. The Morgan fingerprint density at radius 2 is 1.79 bits per heavy atom. The first-order valence-corrected chi connectivity index (χ1v) is 12.8. The van der Waals surface area contributed by atoms with E-state index in [9.17, 15) is 18.0 Å². The van der Waals surface area contributed by atoms with Crippen molar-refractivity contribution < 1.29 is 18.0 Å². The van der Waals surface area contributed by atoms with E-state index in [1.165, 1.54) is 6.07 Å². The number of thiophene rings is 1. The Labute approximate surface area is 197 Å². The summed E-state index contributed by atoms with van der Waals surface area (Å²) in [4.78, 5) is 27.5. The standard InChI is InChI=1S/C24H25N3O4S2/c1-24(2)20-13-19(10-11-21(20)27(3)23(24)29)33(30,31)26-14-16-6-8-17(9-7-16)22(28)25-15-18-5-4-12-32-18/h4-13,26H,14-15H2,1-3H3,(H,25,28). The highest BCUT2D eigenvalue weighted by Gasteiger charge is 2.42. The van der Waals surface area contributed by atoms with Crippen LogP contribution in [0, 0.1) is 0 Å². The number of hydrogen-bond donors (Lipinski definition) is 2. The molecule has 1 aliphatic rings. The number of sulfonamides is 1. The third-order valence-corrected chi connectivity index (χ3v) is 8.11. The summed E-state index contributed by atoms with van der Waals surface area (Å²) in [6, 6.07) is 15.4. The summed E-state index contributed by atoms with van der Waals surface area (Å²) in [5.41, 5.74) is 1.86. The summed E-state index contributed by atoms with van der Waals surface area (Å²) in [7, 11) is -2.09. The van der Waals surface area contributed by atoms with Gasteiger partial charge in [-0.25, -0.2) is 13.1 Å². The van der Waals surface area contributed by atoms with Crippen LogP contribution in [0.5, 0.6) is 0 Å². The molecule has 0 fully saturated rings. The second-order valence-electron chi connectivity index (χ2n) is 8.45.